The van der Waals surface area contributed by atoms with E-state index in [2.05, 4.69) is 27.2 Å². The van der Waals surface area contributed by atoms with Crippen molar-refractivity contribution in [1.82, 2.24) is 15.1 Å². The normalized spacial score (nSPS) is 16.9. The molecule has 1 fully saturated rings. The molecular weight excluding hydrogens is 266 g/mol. The number of carbonyl (C=O) groups is 1. The highest BCUT2D eigenvalue weighted by Crippen LogP contribution is 2.10. The number of carbonyl (C=O) groups excluding carboxylic acids is 1. The van der Waals surface area contributed by atoms with E-state index in [1.54, 1.807) is 0 Å². The average Bonchev–Trinajstić information content (AvgIpc) is 2.50. The van der Waals surface area contributed by atoms with E-state index in [1.807, 2.05) is 19.1 Å². The van der Waals surface area contributed by atoms with Gasteiger partial charge in [-0.15, -0.1) is 0 Å². The summed E-state index contributed by atoms with van der Waals surface area (Å²) in [6.07, 6.45) is 0. The maximum absolute atomic E-state index is 11.6. The summed E-state index contributed by atoms with van der Waals surface area (Å²) in [5.74, 6) is 0.116. The third-order valence-corrected chi connectivity index (χ3v) is 3.82. The Labute approximate surface area is 126 Å². The summed E-state index contributed by atoms with van der Waals surface area (Å²) in [5.41, 5.74) is 2.22. The second-order valence-electron chi connectivity index (χ2n) is 5.48. The van der Waals surface area contributed by atoms with E-state index in [0.717, 1.165) is 38.3 Å². The molecule has 2 rings (SSSR count). The first-order valence-corrected chi connectivity index (χ1v) is 7.61. The average molecular weight is 291 g/mol. The highest BCUT2D eigenvalue weighted by molar-refractivity contribution is 5.77. The summed E-state index contributed by atoms with van der Waals surface area (Å²) in [4.78, 5) is 16.2. The van der Waals surface area contributed by atoms with Crippen LogP contribution in [0.15, 0.2) is 24.3 Å². The molecule has 1 heterocycles. The predicted molar refractivity (Wildman–Crippen MR) is 82.8 cm³/mol. The van der Waals surface area contributed by atoms with Crippen LogP contribution in [0.2, 0.25) is 0 Å². The van der Waals surface area contributed by atoms with Crippen LogP contribution >= 0.6 is 0 Å². The van der Waals surface area contributed by atoms with Crippen LogP contribution in [0.5, 0.6) is 0 Å². The van der Waals surface area contributed by atoms with Crippen molar-refractivity contribution in [2.75, 3.05) is 39.3 Å². The number of aliphatic hydroxyl groups excluding tert-OH is 1. The lowest BCUT2D eigenvalue weighted by atomic mass is 10.1. The number of nitrogens with zero attached hydrogens (tertiary/aromatic N) is 2. The molecule has 2 N–H and O–H groups in total. The lowest BCUT2D eigenvalue weighted by Gasteiger charge is -2.34. The summed E-state index contributed by atoms with van der Waals surface area (Å²) in [6, 6.07) is 8.10. The third-order valence-electron chi connectivity index (χ3n) is 3.82. The second-order valence-corrected chi connectivity index (χ2v) is 5.48. The molecule has 116 valence electrons. The highest BCUT2D eigenvalue weighted by atomic mass is 16.3. The Kier molecular flexibility index (Phi) is 6.17. The maximum Gasteiger partial charge on any atom is 0.234 e. The monoisotopic (exact) mass is 291 g/mol. The number of aliphatic hydroxyl groups is 1. The molecule has 1 saturated heterocycles. The van der Waals surface area contributed by atoms with Crippen LogP contribution in [0.3, 0.4) is 0 Å². The Balaban J connectivity index is 1.74. The number of piperazine rings is 1. The molecule has 0 unspecified atom stereocenters. The molecule has 0 atom stereocenters. The number of rotatable bonds is 6. The minimum Gasteiger partial charge on any atom is -0.392 e. The van der Waals surface area contributed by atoms with Gasteiger partial charge in [0.25, 0.3) is 0 Å². The lowest BCUT2D eigenvalue weighted by Crippen LogP contribution is -2.49. The molecule has 0 aromatic heterocycles. The first-order valence-electron chi connectivity index (χ1n) is 7.61. The zero-order valence-corrected chi connectivity index (χ0v) is 12.7. The number of hydrogen-bond donors (Lipinski definition) is 2. The van der Waals surface area contributed by atoms with Crippen molar-refractivity contribution in [3.05, 3.63) is 35.4 Å². The third kappa shape index (κ3) is 5.12. The summed E-state index contributed by atoms with van der Waals surface area (Å²) in [6.45, 7) is 8.02. The fourth-order valence-electron chi connectivity index (χ4n) is 2.57. The van der Waals surface area contributed by atoms with Gasteiger partial charge in [0.15, 0.2) is 0 Å². The van der Waals surface area contributed by atoms with Crippen LogP contribution in [-0.2, 0) is 17.9 Å². The number of likely N-dealkylation sites (N-methyl/N-ethyl adjacent to an activating group) is 1. The zero-order chi connectivity index (χ0) is 15.1. The molecule has 0 radical (unpaired) electrons. The van der Waals surface area contributed by atoms with Crippen LogP contribution in [0.4, 0.5) is 0 Å². The quantitative estimate of drug-likeness (QED) is 0.798. The molecule has 1 amide bonds. The molecule has 1 aromatic carbocycles. The Morgan fingerprint density at radius 2 is 1.67 bits per heavy atom. The maximum atomic E-state index is 11.6. The van der Waals surface area contributed by atoms with E-state index < -0.39 is 0 Å². The van der Waals surface area contributed by atoms with Gasteiger partial charge in [-0.25, -0.2) is 0 Å². The SMILES string of the molecule is CCNC(=O)CN1CCN(Cc2ccc(CO)cc2)CC1. The molecule has 0 spiro atoms. The van der Waals surface area contributed by atoms with Crippen LogP contribution in [0.25, 0.3) is 0 Å². The minimum absolute atomic E-state index is 0.0960. The van der Waals surface area contributed by atoms with Gasteiger partial charge in [0.05, 0.1) is 13.2 Å². The molecular formula is C16H25N3O2. The number of amides is 1. The van der Waals surface area contributed by atoms with Crippen molar-refractivity contribution >= 4 is 5.91 Å². The van der Waals surface area contributed by atoms with Gasteiger partial charge < -0.3 is 10.4 Å². The molecule has 21 heavy (non-hydrogen) atoms. The van der Waals surface area contributed by atoms with Gasteiger partial charge in [0.2, 0.25) is 5.91 Å². The van der Waals surface area contributed by atoms with Gasteiger partial charge in [0, 0.05) is 39.3 Å². The molecule has 0 bridgehead atoms. The molecule has 0 aliphatic carbocycles. The van der Waals surface area contributed by atoms with Gasteiger partial charge in [-0.2, -0.15) is 0 Å². The van der Waals surface area contributed by atoms with Crippen LogP contribution in [0.1, 0.15) is 18.1 Å². The fraction of sp³-hybridized carbons (Fsp3) is 0.562. The Morgan fingerprint density at radius 3 is 2.24 bits per heavy atom. The molecule has 0 saturated carbocycles. The van der Waals surface area contributed by atoms with Gasteiger partial charge in [0.1, 0.15) is 0 Å². The van der Waals surface area contributed by atoms with Crippen molar-refractivity contribution < 1.29 is 9.90 Å². The Morgan fingerprint density at radius 1 is 1.10 bits per heavy atom. The Hall–Kier alpha value is -1.43. The van der Waals surface area contributed by atoms with E-state index in [0.29, 0.717) is 13.1 Å². The van der Waals surface area contributed by atoms with Gasteiger partial charge in [-0.05, 0) is 18.1 Å². The zero-order valence-electron chi connectivity index (χ0n) is 12.7. The van der Waals surface area contributed by atoms with Crippen molar-refractivity contribution in [3.63, 3.8) is 0 Å². The summed E-state index contributed by atoms with van der Waals surface area (Å²) in [7, 11) is 0. The smallest absolute Gasteiger partial charge is 0.234 e. The first kappa shape index (κ1) is 15.9. The van der Waals surface area contributed by atoms with E-state index in [9.17, 15) is 4.79 Å². The fourth-order valence-corrected chi connectivity index (χ4v) is 2.57. The van der Waals surface area contributed by atoms with E-state index in [-0.39, 0.29) is 12.5 Å². The predicted octanol–water partition coefficient (Wildman–Crippen LogP) is 0.433. The largest absolute Gasteiger partial charge is 0.392 e. The van der Waals surface area contributed by atoms with E-state index >= 15 is 0 Å². The van der Waals surface area contributed by atoms with Gasteiger partial charge >= 0.3 is 0 Å². The van der Waals surface area contributed by atoms with Gasteiger partial charge in [-0.1, -0.05) is 24.3 Å². The van der Waals surface area contributed by atoms with Gasteiger partial charge in [-0.3, -0.25) is 14.6 Å². The first-order chi connectivity index (χ1) is 10.2. The van der Waals surface area contributed by atoms with Crippen molar-refractivity contribution in [2.45, 2.75) is 20.1 Å². The minimum atomic E-state index is 0.0960. The van der Waals surface area contributed by atoms with Crippen molar-refractivity contribution in [3.8, 4) is 0 Å². The molecule has 5 heteroatoms. The second kappa shape index (κ2) is 8.12. The van der Waals surface area contributed by atoms with Crippen LogP contribution in [0, 0.1) is 0 Å². The number of benzene rings is 1. The van der Waals surface area contributed by atoms with Crippen molar-refractivity contribution in [2.24, 2.45) is 0 Å². The highest BCUT2D eigenvalue weighted by Gasteiger charge is 2.18. The van der Waals surface area contributed by atoms with E-state index in [4.69, 9.17) is 5.11 Å². The van der Waals surface area contributed by atoms with Crippen LogP contribution in [-0.4, -0.2) is 60.1 Å². The van der Waals surface area contributed by atoms with Crippen molar-refractivity contribution in [1.29, 1.82) is 0 Å². The molecule has 1 aliphatic rings. The Bertz CT molecular complexity index is 439. The molecule has 1 aliphatic heterocycles. The summed E-state index contributed by atoms with van der Waals surface area (Å²) < 4.78 is 0. The summed E-state index contributed by atoms with van der Waals surface area (Å²) in [5, 5.41) is 11.9. The van der Waals surface area contributed by atoms with E-state index in [1.165, 1.54) is 5.56 Å². The van der Waals surface area contributed by atoms with Crippen LogP contribution < -0.4 is 5.32 Å². The lowest BCUT2D eigenvalue weighted by molar-refractivity contribution is -0.122. The topological polar surface area (TPSA) is 55.8 Å². The molecule has 1 aromatic rings. The standard InChI is InChI=1S/C16H25N3O2/c1-2-17-16(21)12-19-9-7-18(8-10-19)11-14-3-5-15(13-20)6-4-14/h3-6,20H,2,7-13H2,1H3,(H,17,21). The number of hydrogen-bond acceptors (Lipinski definition) is 4. The number of nitrogens with one attached hydrogen (secondary N) is 1. The summed E-state index contributed by atoms with van der Waals surface area (Å²) >= 11 is 0. The molecule has 5 nitrogen and oxygen atoms in total.